The fourth-order valence-corrected chi connectivity index (χ4v) is 1.44. The molecule has 0 aliphatic carbocycles. The molecule has 4 nitrogen and oxygen atoms in total. The Morgan fingerprint density at radius 1 is 1.16 bits per heavy atom. The minimum atomic E-state index is -4.40. The summed E-state index contributed by atoms with van der Waals surface area (Å²) in [5.74, 6) is 0.279. The minimum Gasteiger partial charge on any atom is -0.468 e. The van der Waals surface area contributed by atoms with Crippen molar-refractivity contribution in [1.29, 1.82) is 0 Å². The number of aromatic nitrogens is 3. The lowest BCUT2D eigenvalue weighted by Gasteiger charge is -2.14. The molecule has 2 rings (SSSR count). The molecule has 0 amide bonds. The van der Waals surface area contributed by atoms with Gasteiger partial charge in [0.15, 0.2) is 0 Å². The van der Waals surface area contributed by atoms with E-state index in [-0.39, 0.29) is 11.6 Å². The van der Waals surface area contributed by atoms with Crippen LogP contribution in [0, 0.1) is 0 Å². The van der Waals surface area contributed by atoms with Crippen LogP contribution < -0.4 is 4.74 Å². The van der Waals surface area contributed by atoms with Gasteiger partial charge in [0.1, 0.15) is 12.4 Å². The van der Waals surface area contributed by atoms with Gasteiger partial charge in [0.25, 0.3) is 0 Å². The number of halogens is 3. The summed E-state index contributed by atoms with van der Waals surface area (Å²) in [5.41, 5.74) is -0.566. The van der Waals surface area contributed by atoms with Crippen molar-refractivity contribution in [2.24, 2.45) is 0 Å². The van der Waals surface area contributed by atoms with Crippen molar-refractivity contribution in [2.75, 3.05) is 0 Å². The lowest BCUT2D eigenvalue weighted by atomic mass is 10.2. The van der Waals surface area contributed by atoms with Crippen LogP contribution in [0.1, 0.15) is 24.3 Å². The molecule has 19 heavy (non-hydrogen) atoms. The first-order valence-corrected chi connectivity index (χ1v) is 5.42. The summed E-state index contributed by atoms with van der Waals surface area (Å²) in [6, 6.07) is 3.40. The average molecular weight is 269 g/mol. The molecule has 1 atom stereocenters. The number of ether oxygens (including phenoxy) is 1. The van der Waals surface area contributed by atoms with Gasteiger partial charge in [0.05, 0.1) is 11.3 Å². The second kappa shape index (κ2) is 5.21. The maximum atomic E-state index is 12.6. The van der Waals surface area contributed by atoms with E-state index in [1.54, 1.807) is 6.92 Å². The third-order valence-corrected chi connectivity index (χ3v) is 2.38. The van der Waals surface area contributed by atoms with Crippen LogP contribution in [0.25, 0.3) is 0 Å². The predicted molar refractivity (Wildman–Crippen MR) is 60.3 cm³/mol. The van der Waals surface area contributed by atoms with E-state index in [4.69, 9.17) is 4.74 Å². The van der Waals surface area contributed by atoms with E-state index < -0.39 is 17.8 Å². The number of pyridine rings is 1. The van der Waals surface area contributed by atoms with Crippen LogP contribution in [0.5, 0.6) is 5.88 Å². The van der Waals surface area contributed by atoms with Gasteiger partial charge in [-0.25, -0.2) is 9.97 Å². The van der Waals surface area contributed by atoms with Gasteiger partial charge in [-0.05, 0) is 19.1 Å². The summed E-state index contributed by atoms with van der Waals surface area (Å²) in [6.45, 7) is 1.60. The van der Waals surface area contributed by atoms with Gasteiger partial charge >= 0.3 is 6.18 Å². The van der Waals surface area contributed by atoms with Gasteiger partial charge in [-0.2, -0.15) is 13.2 Å². The highest BCUT2D eigenvalue weighted by molar-refractivity contribution is 5.21. The van der Waals surface area contributed by atoms with E-state index in [1.807, 2.05) is 0 Å². The molecule has 2 heterocycles. The molecule has 0 aliphatic rings. The van der Waals surface area contributed by atoms with Crippen molar-refractivity contribution in [1.82, 2.24) is 15.0 Å². The Morgan fingerprint density at radius 3 is 2.58 bits per heavy atom. The lowest BCUT2D eigenvalue weighted by molar-refractivity contribution is -0.137. The van der Waals surface area contributed by atoms with Crippen LogP contribution in [0.2, 0.25) is 0 Å². The highest BCUT2D eigenvalue weighted by Gasteiger charge is 2.31. The first kappa shape index (κ1) is 13.3. The van der Waals surface area contributed by atoms with Gasteiger partial charge in [-0.1, -0.05) is 0 Å². The number of alkyl halides is 3. The standard InChI is InChI=1S/C12H10F3N3O/c1-8(19-11-3-4-16-7-18-11)10-6-9(2-5-17-10)12(13,14)15/h2-8H,1H3. The Kier molecular flexibility index (Phi) is 3.64. The lowest BCUT2D eigenvalue weighted by Crippen LogP contribution is -2.10. The number of rotatable bonds is 3. The first-order valence-electron chi connectivity index (χ1n) is 5.42. The van der Waals surface area contributed by atoms with Crippen molar-refractivity contribution < 1.29 is 17.9 Å². The van der Waals surface area contributed by atoms with E-state index in [1.165, 1.54) is 18.6 Å². The molecule has 2 aromatic heterocycles. The summed E-state index contributed by atoms with van der Waals surface area (Å²) in [7, 11) is 0. The molecule has 0 bridgehead atoms. The van der Waals surface area contributed by atoms with Crippen molar-refractivity contribution in [3.63, 3.8) is 0 Å². The highest BCUT2D eigenvalue weighted by atomic mass is 19.4. The molecule has 0 saturated heterocycles. The molecular formula is C12H10F3N3O. The molecule has 1 unspecified atom stereocenters. The average Bonchev–Trinajstić information content (AvgIpc) is 2.39. The summed E-state index contributed by atoms with van der Waals surface area (Å²) < 4.78 is 43.1. The van der Waals surface area contributed by atoms with E-state index in [0.717, 1.165) is 18.3 Å². The molecule has 0 fully saturated rings. The zero-order valence-electron chi connectivity index (χ0n) is 9.93. The van der Waals surface area contributed by atoms with Gasteiger partial charge in [0, 0.05) is 18.5 Å². The molecule has 7 heteroatoms. The number of hydrogen-bond acceptors (Lipinski definition) is 4. The zero-order chi connectivity index (χ0) is 13.9. The zero-order valence-corrected chi connectivity index (χ0v) is 9.93. The molecule has 0 saturated carbocycles. The van der Waals surface area contributed by atoms with Crippen LogP contribution in [0.3, 0.4) is 0 Å². The van der Waals surface area contributed by atoms with Crippen molar-refractivity contribution >= 4 is 0 Å². The molecule has 0 aromatic carbocycles. The maximum Gasteiger partial charge on any atom is 0.416 e. The fourth-order valence-electron chi connectivity index (χ4n) is 1.44. The Labute approximate surface area is 107 Å². The highest BCUT2D eigenvalue weighted by Crippen LogP contribution is 2.30. The normalized spacial score (nSPS) is 13.1. The van der Waals surface area contributed by atoms with Crippen molar-refractivity contribution in [3.05, 3.63) is 48.2 Å². The van der Waals surface area contributed by atoms with Crippen LogP contribution in [0.15, 0.2) is 36.9 Å². The van der Waals surface area contributed by atoms with E-state index in [0.29, 0.717) is 0 Å². The Hall–Kier alpha value is -2.18. The predicted octanol–water partition coefficient (Wildman–Crippen LogP) is 3.03. The number of nitrogens with zero attached hydrogens (tertiary/aromatic N) is 3. The molecule has 0 aliphatic heterocycles. The smallest absolute Gasteiger partial charge is 0.416 e. The molecule has 2 aromatic rings. The molecule has 0 N–H and O–H groups in total. The van der Waals surface area contributed by atoms with Gasteiger partial charge in [-0.15, -0.1) is 0 Å². The molecule has 100 valence electrons. The Morgan fingerprint density at radius 2 is 1.95 bits per heavy atom. The first-order chi connectivity index (χ1) is 8.97. The SMILES string of the molecule is CC(Oc1ccncn1)c1cc(C(F)(F)F)ccn1. The second-order valence-electron chi connectivity index (χ2n) is 3.77. The monoisotopic (exact) mass is 269 g/mol. The third-order valence-electron chi connectivity index (χ3n) is 2.38. The Bertz CT molecular complexity index is 545. The van der Waals surface area contributed by atoms with E-state index in [9.17, 15) is 13.2 Å². The van der Waals surface area contributed by atoms with Crippen LogP contribution in [-0.4, -0.2) is 15.0 Å². The summed E-state index contributed by atoms with van der Waals surface area (Å²) in [5, 5.41) is 0. The van der Waals surface area contributed by atoms with Gasteiger partial charge in [0.2, 0.25) is 5.88 Å². The molecule has 0 spiro atoms. The Balaban J connectivity index is 2.18. The summed E-state index contributed by atoms with van der Waals surface area (Å²) in [4.78, 5) is 11.4. The third kappa shape index (κ3) is 3.40. The van der Waals surface area contributed by atoms with Crippen LogP contribution in [0.4, 0.5) is 13.2 Å². The van der Waals surface area contributed by atoms with Crippen LogP contribution >= 0.6 is 0 Å². The summed E-state index contributed by atoms with van der Waals surface area (Å²) >= 11 is 0. The van der Waals surface area contributed by atoms with E-state index >= 15 is 0 Å². The quantitative estimate of drug-likeness (QED) is 0.859. The fraction of sp³-hybridized carbons (Fsp3) is 0.250. The molecular weight excluding hydrogens is 259 g/mol. The van der Waals surface area contributed by atoms with Crippen molar-refractivity contribution in [3.8, 4) is 5.88 Å². The topological polar surface area (TPSA) is 47.9 Å². The van der Waals surface area contributed by atoms with Gasteiger partial charge < -0.3 is 4.74 Å². The van der Waals surface area contributed by atoms with E-state index in [2.05, 4.69) is 15.0 Å². The second-order valence-corrected chi connectivity index (χ2v) is 3.77. The minimum absolute atomic E-state index is 0.188. The maximum absolute atomic E-state index is 12.6. The van der Waals surface area contributed by atoms with Crippen LogP contribution in [-0.2, 0) is 6.18 Å². The molecule has 0 radical (unpaired) electrons. The summed E-state index contributed by atoms with van der Waals surface area (Å²) in [6.07, 6.45) is -1.15. The largest absolute Gasteiger partial charge is 0.468 e. The van der Waals surface area contributed by atoms with Crippen molar-refractivity contribution in [2.45, 2.75) is 19.2 Å². The number of hydrogen-bond donors (Lipinski definition) is 0. The van der Waals surface area contributed by atoms with Gasteiger partial charge in [-0.3, -0.25) is 4.98 Å².